The van der Waals surface area contributed by atoms with Gasteiger partial charge in [-0.2, -0.15) is 5.10 Å². The quantitative estimate of drug-likeness (QED) is 0.446. The Morgan fingerprint density at radius 2 is 1.97 bits per heavy atom. The highest BCUT2D eigenvalue weighted by molar-refractivity contribution is 7.20. The molecule has 2 N–H and O–H groups in total. The second-order valence-corrected chi connectivity index (χ2v) is 8.21. The molecule has 0 aliphatic rings. The normalized spacial score (nSPS) is 11.1. The third-order valence-corrected chi connectivity index (χ3v) is 5.85. The molecule has 5 rings (SSSR count). The summed E-state index contributed by atoms with van der Waals surface area (Å²) in [5, 5.41) is 12.4. The highest BCUT2D eigenvalue weighted by atomic mass is 32.1. The smallest absolute Gasteiger partial charge is 0.263 e. The number of carbonyl (C=O) groups is 1. The minimum Gasteiger partial charge on any atom is -0.344 e. The van der Waals surface area contributed by atoms with Crippen LogP contribution in [0, 0.1) is 0 Å². The number of hydrogen-bond acceptors (Lipinski definition) is 6. The van der Waals surface area contributed by atoms with Gasteiger partial charge in [0, 0.05) is 41.6 Å². The predicted molar refractivity (Wildman–Crippen MR) is 120 cm³/mol. The maximum absolute atomic E-state index is 12.2. The van der Waals surface area contributed by atoms with Gasteiger partial charge >= 0.3 is 0 Å². The summed E-state index contributed by atoms with van der Waals surface area (Å²) >= 11 is 1.48. The highest BCUT2D eigenvalue weighted by Gasteiger charge is 2.13. The standard InChI is InChI=1S/C22H18N6OS/c1-28(2)22(29)19-10-13-3-4-14(11-18(13)30-19)21-23-8-7-20(26-21)25-16-5-6-17-15(9-16)12-24-27-17/h3-12H,1-2H3,(H,24,27)(H,23,25,26). The Morgan fingerprint density at radius 1 is 1.07 bits per heavy atom. The van der Waals surface area contributed by atoms with E-state index >= 15 is 0 Å². The molecular weight excluding hydrogens is 396 g/mol. The molecule has 0 bridgehead atoms. The number of H-pyrrole nitrogens is 1. The monoisotopic (exact) mass is 414 g/mol. The van der Waals surface area contributed by atoms with Crippen molar-refractivity contribution in [2.75, 3.05) is 19.4 Å². The number of anilines is 2. The van der Waals surface area contributed by atoms with Crippen molar-refractivity contribution in [1.29, 1.82) is 0 Å². The number of hydrogen-bond donors (Lipinski definition) is 2. The van der Waals surface area contributed by atoms with Crippen molar-refractivity contribution in [3.8, 4) is 11.4 Å². The van der Waals surface area contributed by atoms with Gasteiger partial charge in [-0.05, 0) is 41.8 Å². The summed E-state index contributed by atoms with van der Waals surface area (Å²) in [4.78, 5) is 23.7. The Balaban J connectivity index is 1.45. The van der Waals surface area contributed by atoms with Crippen molar-refractivity contribution in [3.05, 3.63) is 65.8 Å². The number of thiophene rings is 1. The van der Waals surface area contributed by atoms with Crippen molar-refractivity contribution >= 4 is 49.7 Å². The SMILES string of the molecule is CN(C)C(=O)c1cc2ccc(-c3nccc(Nc4ccc5[nH]ncc5c4)n3)cc2s1. The lowest BCUT2D eigenvalue weighted by Gasteiger charge is -2.07. The number of rotatable bonds is 4. The average Bonchev–Trinajstić information content (AvgIpc) is 3.39. The van der Waals surface area contributed by atoms with E-state index in [0.29, 0.717) is 11.6 Å². The summed E-state index contributed by atoms with van der Waals surface area (Å²) in [5.41, 5.74) is 2.82. The number of aromatic amines is 1. The Bertz CT molecular complexity index is 1390. The first-order valence-electron chi connectivity index (χ1n) is 9.36. The fourth-order valence-corrected chi connectivity index (χ4v) is 4.36. The van der Waals surface area contributed by atoms with E-state index in [2.05, 4.69) is 25.5 Å². The van der Waals surface area contributed by atoms with Gasteiger partial charge in [0.05, 0.1) is 16.6 Å². The van der Waals surface area contributed by atoms with E-state index in [1.54, 1.807) is 31.4 Å². The number of amides is 1. The maximum atomic E-state index is 12.2. The number of benzene rings is 2. The van der Waals surface area contributed by atoms with Crippen LogP contribution in [-0.4, -0.2) is 45.1 Å². The van der Waals surface area contributed by atoms with Gasteiger partial charge in [-0.25, -0.2) is 9.97 Å². The zero-order valence-corrected chi connectivity index (χ0v) is 17.2. The van der Waals surface area contributed by atoms with Gasteiger partial charge in [0.2, 0.25) is 0 Å². The molecule has 0 radical (unpaired) electrons. The van der Waals surface area contributed by atoms with E-state index in [9.17, 15) is 4.79 Å². The van der Waals surface area contributed by atoms with E-state index in [4.69, 9.17) is 0 Å². The molecule has 7 nitrogen and oxygen atoms in total. The van der Waals surface area contributed by atoms with Gasteiger partial charge in [-0.1, -0.05) is 12.1 Å². The van der Waals surface area contributed by atoms with Crippen LogP contribution in [0.1, 0.15) is 9.67 Å². The molecule has 8 heteroatoms. The van der Waals surface area contributed by atoms with Crippen LogP contribution < -0.4 is 5.32 Å². The molecule has 0 saturated carbocycles. The Hall–Kier alpha value is -3.78. The van der Waals surface area contributed by atoms with Gasteiger partial charge < -0.3 is 10.2 Å². The number of aromatic nitrogens is 4. The molecule has 2 aromatic carbocycles. The Labute approximate surface area is 176 Å². The number of nitrogens with one attached hydrogen (secondary N) is 2. The van der Waals surface area contributed by atoms with Gasteiger partial charge in [0.15, 0.2) is 5.82 Å². The van der Waals surface area contributed by atoms with Crippen LogP contribution in [0.2, 0.25) is 0 Å². The summed E-state index contributed by atoms with van der Waals surface area (Å²) < 4.78 is 1.03. The lowest BCUT2D eigenvalue weighted by Crippen LogP contribution is -2.20. The van der Waals surface area contributed by atoms with Crippen molar-refractivity contribution < 1.29 is 4.79 Å². The van der Waals surface area contributed by atoms with E-state index in [1.807, 2.05) is 48.5 Å². The summed E-state index contributed by atoms with van der Waals surface area (Å²) in [5.74, 6) is 1.34. The van der Waals surface area contributed by atoms with Gasteiger partial charge in [0.1, 0.15) is 5.82 Å². The minimum atomic E-state index is 0.00906. The molecule has 148 valence electrons. The van der Waals surface area contributed by atoms with Crippen LogP contribution in [0.25, 0.3) is 32.4 Å². The average molecular weight is 414 g/mol. The fraction of sp³-hybridized carbons (Fsp3) is 0.0909. The first kappa shape index (κ1) is 18.3. The zero-order valence-electron chi connectivity index (χ0n) is 16.4. The first-order valence-corrected chi connectivity index (χ1v) is 10.2. The van der Waals surface area contributed by atoms with E-state index in [1.165, 1.54) is 11.3 Å². The summed E-state index contributed by atoms with van der Waals surface area (Å²) in [7, 11) is 3.52. The maximum Gasteiger partial charge on any atom is 0.263 e. The van der Waals surface area contributed by atoms with Crippen LogP contribution in [-0.2, 0) is 0 Å². The topological polar surface area (TPSA) is 86.8 Å². The molecule has 0 aliphatic heterocycles. The van der Waals surface area contributed by atoms with Gasteiger partial charge in [0.25, 0.3) is 5.91 Å². The highest BCUT2D eigenvalue weighted by Crippen LogP contribution is 2.30. The number of nitrogens with zero attached hydrogens (tertiary/aromatic N) is 4. The second-order valence-electron chi connectivity index (χ2n) is 7.13. The Kier molecular flexibility index (Phi) is 4.40. The molecule has 0 aliphatic carbocycles. The van der Waals surface area contributed by atoms with Crippen molar-refractivity contribution in [2.45, 2.75) is 0 Å². The molecular formula is C22H18N6OS. The van der Waals surface area contributed by atoms with Crippen LogP contribution in [0.15, 0.2) is 60.9 Å². The van der Waals surface area contributed by atoms with Gasteiger partial charge in [-0.3, -0.25) is 9.89 Å². The predicted octanol–water partition coefficient (Wildman–Crippen LogP) is 4.68. The number of fused-ring (bicyclic) bond motifs is 2. The summed E-state index contributed by atoms with van der Waals surface area (Å²) in [6, 6.07) is 15.7. The molecule has 0 fully saturated rings. The molecule has 0 saturated heterocycles. The van der Waals surface area contributed by atoms with Crippen molar-refractivity contribution in [1.82, 2.24) is 25.1 Å². The third-order valence-electron chi connectivity index (χ3n) is 4.76. The van der Waals surface area contributed by atoms with E-state index in [-0.39, 0.29) is 5.91 Å². The molecule has 5 aromatic rings. The summed E-state index contributed by atoms with van der Waals surface area (Å²) in [6.07, 6.45) is 3.53. The molecule has 0 atom stereocenters. The molecule has 0 unspecified atom stereocenters. The van der Waals surface area contributed by atoms with E-state index < -0.39 is 0 Å². The first-order chi connectivity index (χ1) is 14.6. The molecule has 3 heterocycles. The fourth-order valence-electron chi connectivity index (χ4n) is 3.23. The number of carbonyl (C=O) groups excluding carboxylic acids is 1. The van der Waals surface area contributed by atoms with Crippen LogP contribution in [0.5, 0.6) is 0 Å². The molecule has 0 spiro atoms. The van der Waals surface area contributed by atoms with Gasteiger partial charge in [-0.15, -0.1) is 11.3 Å². The second kappa shape index (κ2) is 7.23. The Morgan fingerprint density at radius 3 is 2.83 bits per heavy atom. The minimum absolute atomic E-state index is 0.00906. The molecule has 30 heavy (non-hydrogen) atoms. The molecule has 3 aromatic heterocycles. The van der Waals surface area contributed by atoms with Crippen molar-refractivity contribution in [3.63, 3.8) is 0 Å². The summed E-state index contributed by atoms with van der Waals surface area (Å²) in [6.45, 7) is 0. The van der Waals surface area contributed by atoms with E-state index in [0.717, 1.165) is 37.1 Å². The largest absolute Gasteiger partial charge is 0.344 e. The third kappa shape index (κ3) is 3.37. The zero-order chi connectivity index (χ0) is 20.7. The molecule has 1 amide bonds. The van der Waals surface area contributed by atoms with Crippen LogP contribution in [0.4, 0.5) is 11.5 Å². The lowest BCUT2D eigenvalue weighted by molar-refractivity contribution is 0.0832. The van der Waals surface area contributed by atoms with Crippen LogP contribution >= 0.6 is 11.3 Å². The van der Waals surface area contributed by atoms with Crippen molar-refractivity contribution in [2.24, 2.45) is 0 Å². The lowest BCUT2D eigenvalue weighted by atomic mass is 10.1. The van der Waals surface area contributed by atoms with Crippen LogP contribution in [0.3, 0.4) is 0 Å².